The molecule has 2 aromatic rings. The summed E-state index contributed by atoms with van der Waals surface area (Å²) in [5.74, 6) is 1.18. The van der Waals surface area contributed by atoms with Crippen LogP contribution in [0.2, 0.25) is 0 Å². The first-order valence-electron chi connectivity index (χ1n) is 8.39. The van der Waals surface area contributed by atoms with Gasteiger partial charge in [0.2, 0.25) is 10.0 Å². The highest BCUT2D eigenvalue weighted by atomic mass is 32.2. The van der Waals surface area contributed by atoms with Crippen molar-refractivity contribution in [1.82, 2.24) is 10.0 Å². The van der Waals surface area contributed by atoms with Crippen molar-refractivity contribution in [3.63, 3.8) is 0 Å². The molecule has 1 aliphatic heterocycles. The Balaban J connectivity index is 1.52. The van der Waals surface area contributed by atoms with Crippen LogP contribution in [0.3, 0.4) is 0 Å². The van der Waals surface area contributed by atoms with Gasteiger partial charge in [0.25, 0.3) is 0 Å². The van der Waals surface area contributed by atoms with Crippen molar-refractivity contribution in [3.05, 3.63) is 53.6 Å². The Bertz CT molecular complexity index is 913. The van der Waals surface area contributed by atoms with E-state index in [1.54, 1.807) is 42.5 Å². The van der Waals surface area contributed by atoms with Gasteiger partial charge in [0.15, 0.2) is 11.5 Å². The van der Waals surface area contributed by atoms with E-state index in [9.17, 15) is 13.2 Å². The minimum absolute atomic E-state index is 0.0815. The van der Waals surface area contributed by atoms with Crippen LogP contribution in [-0.2, 0) is 22.3 Å². The fraction of sp³-hybridized carbons (Fsp3) is 0.278. The van der Waals surface area contributed by atoms with Crippen molar-refractivity contribution < 1.29 is 22.7 Å². The average molecular weight is 391 g/mol. The molecule has 144 valence electrons. The Labute approximate surface area is 157 Å². The number of rotatable bonds is 6. The van der Waals surface area contributed by atoms with Crippen LogP contribution >= 0.6 is 0 Å². The molecule has 3 rings (SSSR count). The number of ether oxygens (including phenoxy) is 2. The van der Waals surface area contributed by atoms with Crippen LogP contribution in [0.1, 0.15) is 11.1 Å². The second kappa shape index (κ2) is 8.28. The second-order valence-corrected chi connectivity index (χ2v) is 7.87. The maximum atomic E-state index is 12.1. The standard InChI is InChI=1S/C18H21N3O5S/c1-19-27(23,24)12-14-4-2-13(3-5-14)11-20-18(22)21-15-6-7-16-17(10-15)26-9-8-25-16/h2-7,10,19H,8-9,11-12H2,1H3,(H2,20,21,22). The van der Waals surface area contributed by atoms with E-state index in [1.807, 2.05) is 0 Å². The Morgan fingerprint density at radius 3 is 2.37 bits per heavy atom. The molecular weight excluding hydrogens is 370 g/mol. The lowest BCUT2D eigenvalue weighted by Crippen LogP contribution is -2.28. The summed E-state index contributed by atoms with van der Waals surface area (Å²) >= 11 is 0. The number of sulfonamides is 1. The van der Waals surface area contributed by atoms with E-state index in [2.05, 4.69) is 15.4 Å². The average Bonchev–Trinajstić information content (AvgIpc) is 2.67. The summed E-state index contributed by atoms with van der Waals surface area (Å²) in [7, 11) is -1.92. The lowest BCUT2D eigenvalue weighted by molar-refractivity contribution is 0.171. The van der Waals surface area contributed by atoms with Gasteiger partial charge in [0.1, 0.15) is 13.2 Å². The molecule has 9 heteroatoms. The van der Waals surface area contributed by atoms with E-state index in [1.165, 1.54) is 7.05 Å². The van der Waals surface area contributed by atoms with Gasteiger partial charge in [-0.1, -0.05) is 24.3 Å². The molecular formula is C18H21N3O5S. The van der Waals surface area contributed by atoms with Crippen LogP contribution in [0.25, 0.3) is 0 Å². The van der Waals surface area contributed by atoms with Gasteiger partial charge in [0, 0.05) is 18.3 Å². The molecule has 0 saturated carbocycles. The molecule has 0 fully saturated rings. The third-order valence-corrected chi connectivity index (χ3v) is 5.28. The molecule has 0 bridgehead atoms. The number of benzene rings is 2. The molecule has 0 spiro atoms. The van der Waals surface area contributed by atoms with Crippen LogP contribution in [0.5, 0.6) is 11.5 Å². The van der Waals surface area contributed by atoms with E-state index in [0.717, 1.165) is 5.56 Å². The summed E-state index contributed by atoms with van der Waals surface area (Å²) in [6.07, 6.45) is 0. The Hall–Kier alpha value is -2.78. The minimum Gasteiger partial charge on any atom is -0.486 e. The molecule has 1 aliphatic rings. The fourth-order valence-electron chi connectivity index (χ4n) is 2.52. The van der Waals surface area contributed by atoms with Crippen molar-refractivity contribution in [1.29, 1.82) is 0 Å². The quantitative estimate of drug-likeness (QED) is 0.697. The zero-order valence-corrected chi connectivity index (χ0v) is 15.6. The summed E-state index contributed by atoms with van der Waals surface area (Å²) in [5, 5.41) is 5.49. The van der Waals surface area contributed by atoms with Crippen molar-refractivity contribution >= 4 is 21.7 Å². The summed E-state index contributed by atoms with van der Waals surface area (Å²) in [6.45, 7) is 1.31. The highest BCUT2D eigenvalue weighted by molar-refractivity contribution is 7.88. The number of anilines is 1. The van der Waals surface area contributed by atoms with Gasteiger partial charge >= 0.3 is 6.03 Å². The zero-order valence-electron chi connectivity index (χ0n) is 14.8. The molecule has 2 amide bonds. The van der Waals surface area contributed by atoms with Crippen molar-refractivity contribution in [3.8, 4) is 11.5 Å². The van der Waals surface area contributed by atoms with E-state index >= 15 is 0 Å². The maximum Gasteiger partial charge on any atom is 0.319 e. The molecule has 0 aliphatic carbocycles. The number of urea groups is 1. The maximum absolute atomic E-state index is 12.1. The summed E-state index contributed by atoms with van der Waals surface area (Å²) < 4.78 is 36.3. The molecule has 0 aromatic heterocycles. The first kappa shape index (κ1) is 19.0. The van der Waals surface area contributed by atoms with Gasteiger partial charge in [-0.2, -0.15) is 0 Å². The molecule has 2 aromatic carbocycles. The van der Waals surface area contributed by atoms with E-state index in [-0.39, 0.29) is 11.8 Å². The van der Waals surface area contributed by atoms with E-state index in [0.29, 0.717) is 42.5 Å². The van der Waals surface area contributed by atoms with E-state index in [4.69, 9.17) is 9.47 Å². The fourth-order valence-corrected chi connectivity index (χ4v) is 3.30. The van der Waals surface area contributed by atoms with Crippen LogP contribution in [0, 0.1) is 0 Å². The third kappa shape index (κ3) is 5.35. The first-order chi connectivity index (χ1) is 12.9. The normalized spacial score (nSPS) is 13.1. The molecule has 0 unspecified atom stereocenters. The smallest absolute Gasteiger partial charge is 0.319 e. The van der Waals surface area contributed by atoms with Gasteiger partial charge in [-0.25, -0.2) is 17.9 Å². The highest BCUT2D eigenvalue weighted by Crippen LogP contribution is 2.32. The first-order valence-corrected chi connectivity index (χ1v) is 10.0. The molecule has 1 heterocycles. The summed E-state index contributed by atoms with van der Waals surface area (Å²) in [4.78, 5) is 12.1. The Kier molecular flexibility index (Phi) is 5.82. The van der Waals surface area contributed by atoms with Crippen LogP contribution in [0.4, 0.5) is 10.5 Å². The number of nitrogens with one attached hydrogen (secondary N) is 3. The lowest BCUT2D eigenvalue weighted by Gasteiger charge is -2.19. The lowest BCUT2D eigenvalue weighted by atomic mass is 10.1. The molecule has 0 saturated heterocycles. The Morgan fingerprint density at radius 2 is 1.67 bits per heavy atom. The molecule has 0 atom stereocenters. The largest absolute Gasteiger partial charge is 0.486 e. The topological polar surface area (TPSA) is 106 Å². The van der Waals surface area contributed by atoms with Crippen molar-refractivity contribution in [2.24, 2.45) is 0 Å². The van der Waals surface area contributed by atoms with Gasteiger partial charge in [-0.15, -0.1) is 0 Å². The van der Waals surface area contributed by atoms with Crippen LogP contribution < -0.4 is 24.8 Å². The molecule has 8 nitrogen and oxygen atoms in total. The predicted octanol–water partition coefficient (Wildman–Crippen LogP) is 1.83. The summed E-state index contributed by atoms with van der Waals surface area (Å²) in [5.41, 5.74) is 2.14. The number of carbonyl (C=O) groups is 1. The number of carbonyl (C=O) groups excluding carboxylic acids is 1. The van der Waals surface area contributed by atoms with Crippen LogP contribution in [0.15, 0.2) is 42.5 Å². The SMILES string of the molecule is CNS(=O)(=O)Cc1ccc(CNC(=O)Nc2ccc3c(c2)OCCO3)cc1. The van der Waals surface area contributed by atoms with Gasteiger partial charge in [0.05, 0.1) is 5.75 Å². The van der Waals surface area contributed by atoms with Crippen molar-refractivity contribution in [2.45, 2.75) is 12.3 Å². The van der Waals surface area contributed by atoms with Crippen LogP contribution in [-0.4, -0.2) is 34.7 Å². The highest BCUT2D eigenvalue weighted by Gasteiger charge is 2.13. The number of fused-ring (bicyclic) bond motifs is 1. The number of amides is 2. The third-order valence-electron chi connectivity index (χ3n) is 3.94. The number of hydrogen-bond donors (Lipinski definition) is 3. The molecule has 0 radical (unpaired) electrons. The molecule has 3 N–H and O–H groups in total. The minimum atomic E-state index is -3.30. The Morgan fingerprint density at radius 1 is 1.00 bits per heavy atom. The van der Waals surface area contributed by atoms with Gasteiger partial charge in [-0.05, 0) is 30.3 Å². The van der Waals surface area contributed by atoms with Crippen molar-refractivity contribution in [2.75, 3.05) is 25.6 Å². The second-order valence-electron chi connectivity index (χ2n) is 5.95. The van der Waals surface area contributed by atoms with Gasteiger partial charge < -0.3 is 20.1 Å². The van der Waals surface area contributed by atoms with E-state index < -0.39 is 10.0 Å². The predicted molar refractivity (Wildman–Crippen MR) is 101 cm³/mol. The number of hydrogen-bond acceptors (Lipinski definition) is 5. The zero-order chi connectivity index (χ0) is 19.3. The monoisotopic (exact) mass is 391 g/mol. The van der Waals surface area contributed by atoms with Gasteiger partial charge in [-0.3, -0.25) is 0 Å². The summed E-state index contributed by atoms with van der Waals surface area (Å²) in [6, 6.07) is 11.9. The molecule has 27 heavy (non-hydrogen) atoms.